The topological polar surface area (TPSA) is 101 Å². The van der Waals surface area contributed by atoms with E-state index < -0.39 is 22.7 Å². The number of ketones is 1. The number of rotatable bonds is 5. The number of anilines is 1. The number of carbonyl (C=O) groups is 2. The Morgan fingerprint density at radius 3 is 2.45 bits per heavy atom. The normalized spacial score (nSPS) is 10.9. The van der Waals surface area contributed by atoms with Crippen LogP contribution >= 0.6 is 11.6 Å². The minimum atomic E-state index is -0.726. The Kier molecular flexibility index (Phi) is 5.93. The van der Waals surface area contributed by atoms with Gasteiger partial charge in [-0.1, -0.05) is 17.7 Å². The number of pyridine rings is 2. The first kappa shape index (κ1) is 22.2. The van der Waals surface area contributed by atoms with Crippen LogP contribution in [0.1, 0.15) is 33.2 Å². The molecule has 0 aliphatic rings. The molecule has 9 heteroatoms. The minimum absolute atomic E-state index is 0.0814. The van der Waals surface area contributed by atoms with E-state index in [9.17, 15) is 23.6 Å². The molecule has 0 unspecified atom stereocenters. The molecule has 7 nitrogen and oxygen atoms in total. The molecule has 2 N–H and O–H groups in total. The third-order valence-corrected chi connectivity index (χ3v) is 5.50. The summed E-state index contributed by atoms with van der Waals surface area (Å²) in [6, 6.07) is 13.1. The largest absolute Gasteiger partial charge is 0.341 e. The fraction of sp³-hybridized carbons (Fsp3) is 0.0833. The molecule has 0 spiro atoms. The van der Waals surface area contributed by atoms with Gasteiger partial charge in [0.1, 0.15) is 16.9 Å². The van der Waals surface area contributed by atoms with Gasteiger partial charge in [-0.25, -0.2) is 4.39 Å². The van der Waals surface area contributed by atoms with Gasteiger partial charge in [-0.15, -0.1) is 0 Å². The highest BCUT2D eigenvalue weighted by Gasteiger charge is 2.18. The zero-order chi connectivity index (χ0) is 23.7. The molecule has 166 valence electrons. The summed E-state index contributed by atoms with van der Waals surface area (Å²) in [5.41, 5.74) is -0.233. The van der Waals surface area contributed by atoms with Crippen molar-refractivity contribution in [1.29, 1.82) is 0 Å². The summed E-state index contributed by atoms with van der Waals surface area (Å²) in [7, 11) is 0. The van der Waals surface area contributed by atoms with Crippen LogP contribution in [0.2, 0.25) is 5.02 Å². The molecule has 2 heterocycles. The number of hydrogen-bond acceptors (Lipinski definition) is 4. The van der Waals surface area contributed by atoms with Gasteiger partial charge in [0.15, 0.2) is 5.78 Å². The van der Waals surface area contributed by atoms with E-state index in [-0.39, 0.29) is 34.0 Å². The molecular formula is C24H17ClFN3O4. The van der Waals surface area contributed by atoms with E-state index in [0.717, 1.165) is 0 Å². The van der Waals surface area contributed by atoms with Gasteiger partial charge in [-0.3, -0.25) is 19.2 Å². The van der Waals surface area contributed by atoms with Crippen molar-refractivity contribution in [2.45, 2.75) is 13.5 Å². The van der Waals surface area contributed by atoms with Gasteiger partial charge in [0.2, 0.25) is 11.0 Å². The number of Topliss-reactive ketones (excluding diaryl/α,β-unsaturated/α-hetero) is 1. The first-order chi connectivity index (χ1) is 15.7. The number of aromatic amines is 1. The van der Waals surface area contributed by atoms with E-state index in [2.05, 4.69) is 10.3 Å². The zero-order valence-corrected chi connectivity index (χ0v) is 18.1. The molecule has 0 aliphatic heterocycles. The van der Waals surface area contributed by atoms with Crippen LogP contribution in [0.4, 0.5) is 10.1 Å². The van der Waals surface area contributed by atoms with Gasteiger partial charge >= 0.3 is 0 Å². The molecule has 0 atom stereocenters. The molecular weight excluding hydrogens is 449 g/mol. The van der Waals surface area contributed by atoms with Gasteiger partial charge in [0, 0.05) is 34.1 Å². The van der Waals surface area contributed by atoms with Crippen molar-refractivity contribution in [2.75, 3.05) is 5.32 Å². The summed E-state index contributed by atoms with van der Waals surface area (Å²) in [5, 5.41) is 2.79. The van der Waals surface area contributed by atoms with Gasteiger partial charge < -0.3 is 14.9 Å². The average molecular weight is 466 g/mol. The first-order valence-corrected chi connectivity index (χ1v) is 10.2. The van der Waals surface area contributed by atoms with Gasteiger partial charge in [0.25, 0.3) is 5.91 Å². The second-order valence-corrected chi connectivity index (χ2v) is 7.78. The molecule has 4 rings (SSSR count). The van der Waals surface area contributed by atoms with E-state index in [0.29, 0.717) is 16.8 Å². The number of aromatic nitrogens is 2. The lowest BCUT2D eigenvalue weighted by molar-refractivity contribution is 0.101. The van der Waals surface area contributed by atoms with E-state index in [1.807, 2.05) is 0 Å². The molecule has 0 saturated heterocycles. The van der Waals surface area contributed by atoms with Crippen molar-refractivity contribution in [3.8, 4) is 0 Å². The summed E-state index contributed by atoms with van der Waals surface area (Å²) in [5.74, 6) is -1.40. The maximum atomic E-state index is 14.4. The Morgan fingerprint density at radius 2 is 1.79 bits per heavy atom. The molecule has 0 bridgehead atoms. The summed E-state index contributed by atoms with van der Waals surface area (Å²) < 4.78 is 15.9. The zero-order valence-electron chi connectivity index (χ0n) is 17.3. The predicted molar refractivity (Wildman–Crippen MR) is 124 cm³/mol. The number of amides is 1. The van der Waals surface area contributed by atoms with E-state index in [1.165, 1.54) is 60.2 Å². The molecule has 1 amide bonds. The number of nitrogens with one attached hydrogen (secondary N) is 2. The monoisotopic (exact) mass is 465 g/mol. The molecule has 0 radical (unpaired) electrons. The lowest BCUT2D eigenvalue weighted by Gasteiger charge is -2.15. The summed E-state index contributed by atoms with van der Waals surface area (Å²) >= 11 is 6.16. The molecule has 4 aromatic rings. The van der Waals surface area contributed by atoms with Crippen molar-refractivity contribution in [2.24, 2.45) is 0 Å². The van der Waals surface area contributed by atoms with Crippen molar-refractivity contribution in [3.05, 3.63) is 109 Å². The second-order valence-electron chi connectivity index (χ2n) is 7.37. The van der Waals surface area contributed by atoms with Crippen molar-refractivity contribution < 1.29 is 14.0 Å². The Hall–Kier alpha value is -4.04. The summed E-state index contributed by atoms with van der Waals surface area (Å²) in [6.45, 7) is 1.34. The Labute approximate surface area is 191 Å². The van der Waals surface area contributed by atoms with Crippen molar-refractivity contribution >= 4 is 40.0 Å². The molecule has 2 aromatic carbocycles. The number of H-pyrrole nitrogens is 1. The molecule has 0 aliphatic carbocycles. The summed E-state index contributed by atoms with van der Waals surface area (Å²) in [4.78, 5) is 51.7. The molecule has 33 heavy (non-hydrogen) atoms. The lowest BCUT2D eigenvalue weighted by atomic mass is 10.1. The number of nitrogens with zero attached hydrogens (tertiary/aromatic N) is 1. The van der Waals surface area contributed by atoms with Crippen molar-refractivity contribution in [1.82, 2.24) is 9.55 Å². The molecule has 0 fully saturated rings. The third kappa shape index (κ3) is 4.47. The van der Waals surface area contributed by atoms with Crippen LogP contribution in [0.15, 0.2) is 70.4 Å². The SMILES string of the molecule is CC(=O)c1ccc(NC(=O)c2cn(Cc3c(F)cccc3Cl)c3ccc(=O)[nH]c3c2=O)cc1. The lowest BCUT2D eigenvalue weighted by Crippen LogP contribution is -2.26. The molecule has 2 aromatic heterocycles. The minimum Gasteiger partial charge on any atom is -0.341 e. The first-order valence-electron chi connectivity index (χ1n) is 9.86. The fourth-order valence-corrected chi connectivity index (χ4v) is 3.65. The molecule has 0 saturated carbocycles. The Morgan fingerprint density at radius 1 is 1.06 bits per heavy atom. The predicted octanol–water partition coefficient (Wildman–Crippen LogP) is 3.99. The number of benzene rings is 2. The number of halogens is 2. The Bertz CT molecular complexity index is 1500. The highest BCUT2D eigenvalue weighted by Crippen LogP contribution is 2.22. The number of hydrogen-bond donors (Lipinski definition) is 2. The van der Waals surface area contributed by atoms with Crippen LogP contribution in [0, 0.1) is 5.82 Å². The van der Waals surface area contributed by atoms with Gasteiger partial charge in [0.05, 0.1) is 12.1 Å². The van der Waals surface area contributed by atoms with E-state index >= 15 is 0 Å². The van der Waals surface area contributed by atoms with Crippen molar-refractivity contribution in [3.63, 3.8) is 0 Å². The van der Waals surface area contributed by atoms with E-state index in [1.54, 1.807) is 12.1 Å². The van der Waals surface area contributed by atoms with Crippen LogP contribution in [-0.4, -0.2) is 21.2 Å². The van der Waals surface area contributed by atoms with Crippen LogP contribution in [0.25, 0.3) is 11.0 Å². The fourth-order valence-electron chi connectivity index (χ4n) is 3.43. The quantitative estimate of drug-likeness (QED) is 0.435. The highest BCUT2D eigenvalue weighted by molar-refractivity contribution is 6.31. The van der Waals surface area contributed by atoms with Gasteiger partial charge in [-0.2, -0.15) is 0 Å². The maximum absolute atomic E-state index is 14.4. The number of carbonyl (C=O) groups excluding carboxylic acids is 2. The Balaban J connectivity index is 1.80. The van der Waals surface area contributed by atoms with Crippen LogP contribution in [-0.2, 0) is 6.54 Å². The average Bonchev–Trinajstić information content (AvgIpc) is 2.78. The van der Waals surface area contributed by atoms with Gasteiger partial charge in [-0.05, 0) is 49.4 Å². The second kappa shape index (κ2) is 8.84. The summed E-state index contributed by atoms with van der Waals surface area (Å²) in [6.07, 6.45) is 1.30. The van der Waals surface area contributed by atoms with Crippen LogP contribution in [0.5, 0.6) is 0 Å². The van der Waals surface area contributed by atoms with E-state index in [4.69, 9.17) is 11.6 Å². The number of fused-ring (bicyclic) bond motifs is 1. The maximum Gasteiger partial charge on any atom is 0.261 e. The smallest absolute Gasteiger partial charge is 0.261 e. The third-order valence-electron chi connectivity index (χ3n) is 5.15. The van der Waals surface area contributed by atoms with Crippen LogP contribution in [0.3, 0.4) is 0 Å². The van der Waals surface area contributed by atoms with Crippen LogP contribution < -0.4 is 16.3 Å². The highest BCUT2D eigenvalue weighted by atomic mass is 35.5. The standard InChI is InChI=1S/C24H17ClFN3O4/c1-13(30)14-5-7-15(8-6-14)27-24(33)17-12-29(11-16-18(25)3-2-4-19(16)26)20-9-10-21(31)28-22(20)23(17)32/h2-10,12H,11H2,1H3,(H,27,33)(H,28,31).